The monoisotopic (exact) mass is 271 g/mol. The van der Waals surface area contributed by atoms with Crippen molar-refractivity contribution in [2.24, 2.45) is 0 Å². The summed E-state index contributed by atoms with van der Waals surface area (Å²) in [6.45, 7) is 4.33. The summed E-state index contributed by atoms with van der Waals surface area (Å²) in [7, 11) is 0. The van der Waals surface area contributed by atoms with Gasteiger partial charge in [0.05, 0.1) is 0 Å². The molecule has 0 aliphatic carbocycles. The summed E-state index contributed by atoms with van der Waals surface area (Å²) in [6.07, 6.45) is 0.489. The molecule has 2 rings (SSSR count). The van der Waals surface area contributed by atoms with E-state index in [0.717, 1.165) is 11.1 Å². The molecule has 0 unspecified atom stereocenters. The lowest BCUT2D eigenvalue weighted by Gasteiger charge is -2.09. The van der Waals surface area contributed by atoms with Crippen LogP contribution in [0.2, 0.25) is 0 Å². The summed E-state index contributed by atoms with van der Waals surface area (Å²) in [4.78, 5) is 12.0. The fourth-order valence-electron chi connectivity index (χ4n) is 2.18. The van der Waals surface area contributed by atoms with E-state index >= 15 is 0 Å². The highest BCUT2D eigenvalue weighted by Crippen LogP contribution is 2.10. The average Bonchev–Trinajstić information content (AvgIpc) is 2.40. The highest BCUT2D eigenvalue weighted by atomic mass is 19.1. The Balaban J connectivity index is 1.94. The van der Waals surface area contributed by atoms with E-state index in [2.05, 4.69) is 5.32 Å². The molecule has 0 fully saturated rings. The van der Waals surface area contributed by atoms with Crippen LogP contribution in [0.1, 0.15) is 27.0 Å². The molecule has 1 amide bonds. The van der Waals surface area contributed by atoms with Gasteiger partial charge in [0.1, 0.15) is 5.82 Å². The molecule has 0 heterocycles. The van der Waals surface area contributed by atoms with Crippen molar-refractivity contribution in [2.45, 2.75) is 20.3 Å². The third-order valence-corrected chi connectivity index (χ3v) is 3.26. The van der Waals surface area contributed by atoms with Crippen molar-refractivity contribution in [3.8, 4) is 0 Å². The van der Waals surface area contributed by atoms with Crippen LogP contribution in [0, 0.1) is 19.7 Å². The van der Waals surface area contributed by atoms with Crippen LogP contribution in [0.4, 0.5) is 4.39 Å². The van der Waals surface area contributed by atoms with Crippen LogP contribution in [-0.4, -0.2) is 12.5 Å². The first-order valence-corrected chi connectivity index (χ1v) is 6.67. The van der Waals surface area contributed by atoms with E-state index < -0.39 is 0 Å². The second kappa shape index (κ2) is 6.33. The lowest BCUT2D eigenvalue weighted by molar-refractivity contribution is 0.0953. The second-order valence-corrected chi connectivity index (χ2v) is 4.92. The summed E-state index contributed by atoms with van der Waals surface area (Å²) in [5.41, 5.74) is 3.37. The van der Waals surface area contributed by atoms with Gasteiger partial charge in [0.25, 0.3) is 5.91 Å². The molecule has 0 bridgehead atoms. The summed E-state index contributed by atoms with van der Waals surface area (Å²) < 4.78 is 13.4. The Kier molecular flexibility index (Phi) is 4.51. The third kappa shape index (κ3) is 3.44. The number of aryl methyl sites for hydroxylation is 2. The van der Waals surface area contributed by atoms with Crippen molar-refractivity contribution in [3.05, 3.63) is 70.5 Å². The quantitative estimate of drug-likeness (QED) is 0.907. The molecule has 0 aliphatic heterocycles. The fraction of sp³-hybridized carbons (Fsp3) is 0.235. The summed E-state index contributed by atoms with van der Waals surface area (Å²) in [5.74, 6) is -0.341. The van der Waals surface area contributed by atoms with Crippen LogP contribution in [0.5, 0.6) is 0 Å². The van der Waals surface area contributed by atoms with Gasteiger partial charge in [0.2, 0.25) is 0 Å². The number of rotatable bonds is 4. The molecule has 0 aromatic heterocycles. The molecule has 1 N–H and O–H groups in total. The average molecular weight is 271 g/mol. The predicted octanol–water partition coefficient (Wildman–Crippen LogP) is 3.42. The van der Waals surface area contributed by atoms with Gasteiger partial charge in [-0.2, -0.15) is 0 Å². The SMILES string of the molecule is Cc1ccc(C(=O)NCCc2ccccc2F)c(C)c1. The zero-order valence-corrected chi connectivity index (χ0v) is 11.7. The van der Waals surface area contributed by atoms with Crippen LogP contribution in [0.15, 0.2) is 42.5 Å². The van der Waals surface area contributed by atoms with Crippen LogP contribution < -0.4 is 5.32 Å². The minimum Gasteiger partial charge on any atom is -0.352 e. The molecule has 0 radical (unpaired) electrons. The summed E-state index contributed by atoms with van der Waals surface area (Å²) >= 11 is 0. The Bertz CT molecular complexity index is 622. The van der Waals surface area contributed by atoms with Gasteiger partial charge in [-0.1, -0.05) is 35.9 Å². The van der Waals surface area contributed by atoms with E-state index in [4.69, 9.17) is 0 Å². The first-order chi connectivity index (χ1) is 9.58. The van der Waals surface area contributed by atoms with E-state index in [-0.39, 0.29) is 11.7 Å². The van der Waals surface area contributed by atoms with Crippen molar-refractivity contribution >= 4 is 5.91 Å². The number of hydrogen-bond acceptors (Lipinski definition) is 1. The summed E-state index contributed by atoms with van der Waals surface area (Å²) in [5, 5.41) is 2.83. The Morgan fingerprint density at radius 1 is 1.15 bits per heavy atom. The Morgan fingerprint density at radius 2 is 1.90 bits per heavy atom. The molecular formula is C17H18FNO. The Hall–Kier alpha value is -2.16. The Labute approximate surface area is 118 Å². The molecule has 0 aliphatic rings. The van der Waals surface area contributed by atoms with Crippen LogP contribution >= 0.6 is 0 Å². The topological polar surface area (TPSA) is 29.1 Å². The van der Waals surface area contributed by atoms with Crippen LogP contribution in [0.25, 0.3) is 0 Å². The molecule has 0 atom stereocenters. The minimum atomic E-state index is -0.228. The number of nitrogens with one attached hydrogen (secondary N) is 1. The van der Waals surface area contributed by atoms with Gasteiger partial charge in [-0.3, -0.25) is 4.79 Å². The highest BCUT2D eigenvalue weighted by Gasteiger charge is 2.08. The van der Waals surface area contributed by atoms with Crippen molar-refractivity contribution in [3.63, 3.8) is 0 Å². The van der Waals surface area contributed by atoms with Gasteiger partial charge in [0.15, 0.2) is 0 Å². The Morgan fingerprint density at radius 3 is 2.60 bits per heavy atom. The van der Waals surface area contributed by atoms with Crippen molar-refractivity contribution in [1.82, 2.24) is 5.32 Å². The second-order valence-electron chi connectivity index (χ2n) is 4.92. The molecule has 3 heteroatoms. The molecule has 104 valence electrons. The highest BCUT2D eigenvalue weighted by molar-refractivity contribution is 5.95. The van der Waals surface area contributed by atoms with Crippen molar-refractivity contribution < 1.29 is 9.18 Å². The maximum absolute atomic E-state index is 13.4. The maximum Gasteiger partial charge on any atom is 0.251 e. The molecule has 0 saturated carbocycles. The van der Waals surface area contributed by atoms with E-state index in [1.165, 1.54) is 6.07 Å². The summed E-state index contributed by atoms with van der Waals surface area (Å²) in [6, 6.07) is 12.3. The first-order valence-electron chi connectivity index (χ1n) is 6.67. The fourth-order valence-corrected chi connectivity index (χ4v) is 2.18. The van der Waals surface area contributed by atoms with Gasteiger partial charge in [-0.25, -0.2) is 4.39 Å². The lowest BCUT2D eigenvalue weighted by atomic mass is 10.1. The van der Waals surface area contributed by atoms with Gasteiger partial charge < -0.3 is 5.32 Å². The van der Waals surface area contributed by atoms with Gasteiger partial charge in [-0.05, 0) is 43.5 Å². The number of benzene rings is 2. The number of carbonyl (C=O) groups is 1. The molecule has 20 heavy (non-hydrogen) atoms. The molecule has 2 aromatic rings. The first kappa shape index (κ1) is 14.3. The molecule has 2 aromatic carbocycles. The number of halogens is 1. The van der Waals surface area contributed by atoms with Crippen LogP contribution in [0.3, 0.4) is 0 Å². The zero-order valence-electron chi connectivity index (χ0n) is 11.7. The largest absolute Gasteiger partial charge is 0.352 e. The van der Waals surface area contributed by atoms with E-state index in [1.807, 2.05) is 32.0 Å². The number of amides is 1. The van der Waals surface area contributed by atoms with Crippen LogP contribution in [-0.2, 0) is 6.42 Å². The van der Waals surface area contributed by atoms with Gasteiger partial charge in [0, 0.05) is 12.1 Å². The van der Waals surface area contributed by atoms with E-state index in [1.54, 1.807) is 18.2 Å². The van der Waals surface area contributed by atoms with E-state index in [9.17, 15) is 9.18 Å². The van der Waals surface area contributed by atoms with Gasteiger partial charge >= 0.3 is 0 Å². The predicted molar refractivity (Wildman–Crippen MR) is 78.4 cm³/mol. The maximum atomic E-state index is 13.4. The number of carbonyl (C=O) groups excluding carboxylic acids is 1. The van der Waals surface area contributed by atoms with Gasteiger partial charge in [-0.15, -0.1) is 0 Å². The van der Waals surface area contributed by atoms with E-state index in [0.29, 0.717) is 24.1 Å². The molecule has 0 saturated heterocycles. The lowest BCUT2D eigenvalue weighted by Crippen LogP contribution is -2.26. The van der Waals surface area contributed by atoms with Crippen molar-refractivity contribution in [2.75, 3.05) is 6.54 Å². The zero-order chi connectivity index (χ0) is 14.5. The smallest absolute Gasteiger partial charge is 0.251 e. The standard InChI is InChI=1S/C17H18FNO/c1-12-7-8-15(13(2)11-12)17(20)19-10-9-14-5-3-4-6-16(14)18/h3-8,11H,9-10H2,1-2H3,(H,19,20). The number of hydrogen-bond donors (Lipinski definition) is 1. The molecule has 0 spiro atoms. The van der Waals surface area contributed by atoms with Crippen molar-refractivity contribution in [1.29, 1.82) is 0 Å². The normalized spacial score (nSPS) is 10.3. The minimum absolute atomic E-state index is 0.112. The molecular weight excluding hydrogens is 253 g/mol. The molecule has 2 nitrogen and oxygen atoms in total. The third-order valence-electron chi connectivity index (χ3n) is 3.26.